The van der Waals surface area contributed by atoms with Crippen molar-refractivity contribution in [2.75, 3.05) is 0 Å². The summed E-state index contributed by atoms with van der Waals surface area (Å²) in [5.74, 6) is -1.87. The Morgan fingerprint density at radius 2 is 1.70 bits per heavy atom. The number of aryl methyl sites for hydroxylation is 1. The molecule has 2 aromatic rings. The maximum Gasteiger partial charge on any atom is 0.470 e. The van der Waals surface area contributed by atoms with E-state index in [1.807, 2.05) is 0 Å². The third-order valence-corrected chi connectivity index (χ3v) is 2.31. The van der Waals surface area contributed by atoms with Crippen molar-refractivity contribution in [2.45, 2.75) is 0 Å². The van der Waals surface area contributed by atoms with Crippen molar-refractivity contribution in [1.29, 1.82) is 0 Å². The summed E-state index contributed by atoms with van der Waals surface area (Å²) in [6.45, 7) is 0. The van der Waals surface area contributed by atoms with Crippen LogP contribution in [0.5, 0.6) is 0 Å². The number of nitro groups is 3. The molecule has 2 aromatic heterocycles. The Kier molecular flexibility index (Phi) is 2.86. The molecule has 0 N–H and O–H groups in total. The minimum atomic E-state index is -1.01. The van der Waals surface area contributed by atoms with Crippen LogP contribution >= 0.6 is 0 Å². The van der Waals surface area contributed by atoms with E-state index in [1.165, 1.54) is 7.05 Å². The van der Waals surface area contributed by atoms with E-state index in [9.17, 15) is 30.3 Å². The molecule has 20 heavy (non-hydrogen) atoms. The standard InChI is InChI=1S/C7H5N7O6/c1-10-7(11-3-2-4(8-11)12(15)16)5(13(17)18)6(9-10)14(19)20/h2-3H,1H3. The molecule has 0 bridgehead atoms. The summed E-state index contributed by atoms with van der Waals surface area (Å²) in [6, 6.07) is 1.00. The predicted molar refractivity (Wildman–Crippen MR) is 60.3 cm³/mol. The first kappa shape index (κ1) is 13.1. The van der Waals surface area contributed by atoms with Gasteiger partial charge in [-0.05, 0) is 9.85 Å². The van der Waals surface area contributed by atoms with Gasteiger partial charge in [0.25, 0.3) is 5.82 Å². The summed E-state index contributed by atoms with van der Waals surface area (Å²) < 4.78 is 1.64. The van der Waals surface area contributed by atoms with Crippen molar-refractivity contribution in [1.82, 2.24) is 19.6 Å². The Hall–Kier alpha value is -3.38. The van der Waals surface area contributed by atoms with E-state index in [4.69, 9.17) is 0 Å². The lowest BCUT2D eigenvalue weighted by Gasteiger charge is -1.93. The van der Waals surface area contributed by atoms with Crippen molar-refractivity contribution in [3.63, 3.8) is 0 Å². The van der Waals surface area contributed by atoms with Gasteiger partial charge in [-0.25, -0.2) is 0 Å². The zero-order valence-electron chi connectivity index (χ0n) is 9.73. The third-order valence-electron chi connectivity index (χ3n) is 2.31. The van der Waals surface area contributed by atoms with Crippen molar-refractivity contribution >= 4 is 17.3 Å². The molecule has 2 heterocycles. The van der Waals surface area contributed by atoms with Gasteiger partial charge in [-0.3, -0.25) is 10.1 Å². The van der Waals surface area contributed by atoms with Crippen LogP contribution in [0.25, 0.3) is 5.82 Å². The maximum absolute atomic E-state index is 10.9. The topological polar surface area (TPSA) is 165 Å². The van der Waals surface area contributed by atoms with Crippen LogP contribution in [0.15, 0.2) is 12.3 Å². The Bertz CT molecular complexity index is 730. The molecule has 0 aliphatic carbocycles. The van der Waals surface area contributed by atoms with E-state index in [-0.39, 0.29) is 5.82 Å². The molecule has 0 amide bonds. The lowest BCUT2D eigenvalue weighted by molar-refractivity contribution is -0.424. The summed E-state index contributed by atoms with van der Waals surface area (Å²) in [6.07, 6.45) is 1.08. The van der Waals surface area contributed by atoms with E-state index < -0.39 is 32.1 Å². The Balaban J connectivity index is 2.69. The second kappa shape index (κ2) is 4.38. The summed E-state index contributed by atoms with van der Waals surface area (Å²) in [5.41, 5.74) is -0.893. The predicted octanol–water partition coefficient (Wildman–Crippen LogP) is 0.330. The molecule has 13 nitrogen and oxygen atoms in total. The van der Waals surface area contributed by atoms with Crippen LogP contribution in [0.2, 0.25) is 0 Å². The van der Waals surface area contributed by atoms with Gasteiger partial charge >= 0.3 is 17.3 Å². The molecule has 0 aliphatic rings. The molecule has 0 aromatic carbocycles. The van der Waals surface area contributed by atoms with Crippen LogP contribution in [-0.2, 0) is 7.05 Å². The fourth-order valence-electron chi connectivity index (χ4n) is 1.56. The highest BCUT2D eigenvalue weighted by Crippen LogP contribution is 2.32. The van der Waals surface area contributed by atoms with Crippen LogP contribution < -0.4 is 0 Å². The molecule has 2 rings (SSSR count). The molecule has 0 aliphatic heterocycles. The zero-order chi connectivity index (χ0) is 15.0. The van der Waals surface area contributed by atoms with Crippen LogP contribution in [-0.4, -0.2) is 34.3 Å². The van der Waals surface area contributed by atoms with Crippen molar-refractivity contribution in [3.8, 4) is 5.82 Å². The Morgan fingerprint density at radius 3 is 2.15 bits per heavy atom. The number of hydrogen-bond acceptors (Lipinski definition) is 8. The number of hydrogen-bond donors (Lipinski definition) is 0. The molecule has 0 spiro atoms. The summed E-state index contributed by atoms with van der Waals surface area (Å²) in [5, 5.41) is 39.1. The highest BCUT2D eigenvalue weighted by Gasteiger charge is 2.39. The third kappa shape index (κ3) is 1.92. The van der Waals surface area contributed by atoms with Crippen molar-refractivity contribution in [3.05, 3.63) is 42.6 Å². The van der Waals surface area contributed by atoms with Gasteiger partial charge < -0.3 is 20.2 Å². The molecule has 104 valence electrons. The second-order valence-electron chi connectivity index (χ2n) is 3.51. The first-order valence-electron chi connectivity index (χ1n) is 4.89. The van der Waals surface area contributed by atoms with Crippen LogP contribution in [0.3, 0.4) is 0 Å². The molecule has 0 saturated carbocycles. The highest BCUT2D eigenvalue weighted by atomic mass is 16.6. The summed E-state index contributed by atoms with van der Waals surface area (Å²) in [4.78, 5) is 29.4. The van der Waals surface area contributed by atoms with Gasteiger partial charge in [0.2, 0.25) is 0 Å². The van der Waals surface area contributed by atoms with Gasteiger partial charge in [0, 0.05) is 0 Å². The average Bonchev–Trinajstić information content (AvgIpc) is 2.92. The van der Waals surface area contributed by atoms with E-state index in [0.717, 1.165) is 21.6 Å². The van der Waals surface area contributed by atoms with E-state index >= 15 is 0 Å². The number of rotatable bonds is 4. The molecule has 0 unspecified atom stereocenters. The largest absolute Gasteiger partial charge is 0.470 e. The van der Waals surface area contributed by atoms with Gasteiger partial charge in [0.15, 0.2) is 0 Å². The molecule has 13 heteroatoms. The van der Waals surface area contributed by atoms with Crippen molar-refractivity contribution < 1.29 is 14.8 Å². The van der Waals surface area contributed by atoms with Crippen molar-refractivity contribution in [2.24, 2.45) is 7.05 Å². The van der Waals surface area contributed by atoms with Gasteiger partial charge in [-0.15, -0.1) is 9.36 Å². The summed E-state index contributed by atoms with van der Waals surface area (Å²) >= 11 is 0. The van der Waals surface area contributed by atoms with Crippen LogP contribution in [0.4, 0.5) is 17.3 Å². The van der Waals surface area contributed by atoms with Gasteiger partial charge in [-0.2, -0.15) is 0 Å². The van der Waals surface area contributed by atoms with E-state index in [2.05, 4.69) is 10.2 Å². The zero-order valence-corrected chi connectivity index (χ0v) is 9.73. The highest BCUT2D eigenvalue weighted by molar-refractivity contribution is 5.59. The molecule has 0 saturated heterocycles. The van der Waals surface area contributed by atoms with Crippen LogP contribution in [0, 0.1) is 30.3 Å². The molecule has 0 fully saturated rings. The molecular formula is C7H5N7O6. The number of nitrogens with zero attached hydrogens (tertiary/aromatic N) is 7. The van der Waals surface area contributed by atoms with E-state index in [1.54, 1.807) is 0 Å². The Labute approximate surface area is 108 Å². The molecular weight excluding hydrogens is 278 g/mol. The van der Waals surface area contributed by atoms with Gasteiger partial charge in [0.05, 0.1) is 34.4 Å². The van der Waals surface area contributed by atoms with Gasteiger partial charge in [0.1, 0.15) is 0 Å². The fraction of sp³-hybridized carbons (Fsp3) is 0.143. The minimum Gasteiger partial charge on any atom is -0.358 e. The maximum atomic E-state index is 10.9. The Morgan fingerprint density at radius 1 is 1.05 bits per heavy atom. The monoisotopic (exact) mass is 283 g/mol. The lowest BCUT2D eigenvalue weighted by atomic mass is 10.4. The second-order valence-corrected chi connectivity index (χ2v) is 3.51. The van der Waals surface area contributed by atoms with E-state index in [0.29, 0.717) is 0 Å². The minimum absolute atomic E-state index is 0.352. The van der Waals surface area contributed by atoms with Crippen LogP contribution in [0.1, 0.15) is 0 Å². The lowest BCUT2D eigenvalue weighted by Crippen LogP contribution is -2.06. The molecule has 0 atom stereocenters. The first-order valence-corrected chi connectivity index (χ1v) is 4.89. The smallest absolute Gasteiger partial charge is 0.358 e. The SMILES string of the molecule is Cn1nc([N+](=O)[O-])c([N+](=O)[O-])c1-n1ccc([N+](=O)[O-])n1. The van der Waals surface area contributed by atoms with Gasteiger partial charge in [-0.1, -0.05) is 0 Å². The first-order chi connectivity index (χ1) is 9.32. The summed E-state index contributed by atoms with van der Waals surface area (Å²) in [7, 11) is 1.23. The number of aromatic nitrogens is 4. The molecule has 0 radical (unpaired) electrons. The average molecular weight is 283 g/mol. The quantitative estimate of drug-likeness (QED) is 0.571. The fourth-order valence-corrected chi connectivity index (χ4v) is 1.56. The normalized spacial score (nSPS) is 10.4.